The van der Waals surface area contributed by atoms with E-state index < -0.39 is 0 Å². The number of hydrogen-bond donors (Lipinski definition) is 2. The lowest BCUT2D eigenvalue weighted by Gasteiger charge is -2.45. The quantitative estimate of drug-likeness (QED) is 0.580. The molecular formula is C13H25N3O2. The average molecular weight is 255 g/mol. The molecule has 2 aliphatic rings. The van der Waals surface area contributed by atoms with Crippen molar-refractivity contribution < 1.29 is 9.47 Å². The Morgan fingerprint density at radius 3 is 2.78 bits per heavy atom. The molecule has 0 saturated carbocycles. The predicted octanol–water partition coefficient (Wildman–Crippen LogP) is 0.972. The fourth-order valence-electron chi connectivity index (χ4n) is 2.95. The normalized spacial score (nSPS) is 27.6. The summed E-state index contributed by atoms with van der Waals surface area (Å²) in [5.41, 5.74) is 5.47. The summed E-state index contributed by atoms with van der Waals surface area (Å²) in [6.07, 6.45) is 4.86. The zero-order chi connectivity index (χ0) is 13.0. The van der Waals surface area contributed by atoms with E-state index >= 15 is 0 Å². The lowest BCUT2D eigenvalue weighted by Crippen LogP contribution is -2.50. The van der Waals surface area contributed by atoms with Crippen LogP contribution < -0.4 is 5.73 Å². The number of rotatable bonds is 4. The molecule has 0 radical (unpaired) electrons. The van der Waals surface area contributed by atoms with Gasteiger partial charge in [-0.25, -0.2) is 0 Å². The average Bonchev–Trinajstić information content (AvgIpc) is 2.37. The lowest BCUT2D eigenvalue weighted by atomic mass is 9.83. The number of ether oxygens (including phenoxy) is 2. The Bertz CT molecular complexity index is 284. The highest BCUT2D eigenvalue weighted by Crippen LogP contribution is 2.35. The van der Waals surface area contributed by atoms with Crippen molar-refractivity contribution in [2.45, 2.75) is 43.7 Å². The van der Waals surface area contributed by atoms with Crippen LogP contribution in [0, 0.1) is 5.41 Å². The second kappa shape index (κ2) is 5.99. The van der Waals surface area contributed by atoms with E-state index in [-0.39, 0.29) is 11.4 Å². The molecule has 5 heteroatoms. The number of hydrogen-bond acceptors (Lipinski definition) is 4. The van der Waals surface area contributed by atoms with Crippen LogP contribution in [0.3, 0.4) is 0 Å². The number of nitrogens with one attached hydrogen (secondary N) is 1. The molecule has 0 bridgehead atoms. The Balaban J connectivity index is 1.87. The largest absolute Gasteiger partial charge is 0.388 e. The first-order chi connectivity index (χ1) is 8.61. The van der Waals surface area contributed by atoms with Gasteiger partial charge in [-0.2, -0.15) is 0 Å². The van der Waals surface area contributed by atoms with E-state index in [0.29, 0.717) is 12.5 Å². The Hall–Kier alpha value is -0.650. The minimum absolute atomic E-state index is 0.0473. The van der Waals surface area contributed by atoms with E-state index in [9.17, 15) is 0 Å². The highest BCUT2D eigenvalue weighted by Gasteiger charge is 2.39. The maximum absolute atomic E-state index is 7.30. The maximum atomic E-state index is 7.30. The molecule has 2 fully saturated rings. The van der Waals surface area contributed by atoms with Crippen molar-refractivity contribution in [2.75, 3.05) is 33.4 Å². The molecule has 2 saturated heterocycles. The summed E-state index contributed by atoms with van der Waals surface area (Å²) in [5.74, 6) is 0.273. The van der Waals surface area contributed by atoms with Crippen molar-refractivity contribution in [3.8, 4) is 0 Å². The number of nitrogens with two attached hydrogens (primary N) is 1. The summed E-state index contributed by atoms with van der Waals surface area (Å²) in [6.45, 7) is 3.36. The van der Waals surface area contributed by atoms with E-state index in [1.165, 1.54) is 0 Å². The van der Waals surface area contributed by atoms with Crippen molar-refractivity contribution in [2.24, 2.45) is 5.73 Å². The topological polar surface area (TPSA) is 71.6 Å². The van der Waals surface area contributed by atoms with Crippen molar-refractivity contribution in [1.82, 2.24) is 4.90 Å². The van der Waals surface area contributed by atoms with Gasteiger partial charge >= 0.3 is 0 Å². The molecule has 0 aliphatic carbocycles. The van der Waals surface area contributed by atoms with E-state index in [0.717, 1.165) is 52.0 Å². The lowest BCUT2D eigenvalue weighted by molar-refractivity contribution is -0.149. The minimum atomic E-state index is 0.0473. The van der Waals surface area contributed by atoms with E-state index in [1.54, 1.807) is 0 Å². The van der Waals surface area contributed by atoms with Gasteiger partial charge in [0.25, 0.3) is 0 Å². The molecule has 1 spiro atoms. The fraction of sp³-hybridized carbons (Fsp3) is 0.923. The summed E-state index contributed by atoms with van der Waals surface area (Å²) >= 11 is 0. The van der Waals surface area contributed by atoms with Crippen LogP contribution in [0.1, 0.15) is 32.1 Å². The Kier molecular flexibility index (Phi) is 4.59. The second-order valence-corrected chi connectivity index (χ2v) is 5.55. The van der Waals surface area contributed by atoms with Gasteiger partial charge in [0, 0.05) is 38.8 Å². The molecule has 104 valence electrons. The zero-order valence-electron chi connectivity index (χ0n) is 11.3. The SMILES string of the molecule is CN(CCC(=N)N)C1CCOC2(CCOCC2)C1. The predicted molar refractivity (Wildman–Crippen MR) is 70.9 cm³/mol. The van der Waals surface area contributed by atoms with Crippen LogP contribution in [-0.2, 0) is 9.47 Å². The van der Waals surface area contributed by atoms with Gasteiger partial charge in [0.05, 0.1) is 11.4 Å². The summed E-state index contributed by atoms with van der Waals surface area (Å²) < 4.78 is 11.5. The fourth-order valence-corrected chi connectivity index (χ4v) is 2.95. The van der Waals surface area contributed by atoms with Crippen LogP contribution in [0.5, 0.6) is 0 Å². The van der Waals surface area contributed by atoms with Crippen LogP contribution in [0.25, 0.3) is 0 Å². The third kappa shape index (κ3) is 3.43. The minimum Gasteiger partial charge on any atom is -0.388 e. The molecule has 2 rings (SSSR count). The van der Waals surface area contributed by atoms with Gasteiger partial charge < -0.3 is 20.1 Å². The molecule has 1 atom stereocenters. The first-order valence-corrected chi connectivity index (χ1v) is 6.86. The molecule has 5 nitrogen and oxygen atoms in total. The van der Waals surface area contributed by atoms with E-state index in [1.807, 2.05) is 0 Å². The van der Waals surface area contributed by atoms with Crippen LogP contribution in [0.4, 0.5) is 0 Å². The van der Waals surface area contributed by atoms with Gasteiger partial charge in [0.1, 0.15) is 0 Å². The molecule has 2 heterocycles. The molecule has 18 heavy (non-hydrogen) atoms. The van der Waals surface area contributed by atoms with E-state index in [4.69, 9.17) is 20.6 Å². The summed E-state index contributed by atoms with van der Waals surface area (Å²) in [5, 5.41) is 7.30. The van der Waals surface area contributed by atoms with Gasteiger partial charge in [-0.1, -0.05) is 0 Å². The molecule has 0 aromatic rings. The molecule has 0 amide bonds. The summed E-state index contributed by atoms with van der Waals surface area (Å²) in [6, 6.07) is 0.552. The zero-order valence-corrected chi connectivity index (χ0v) is 11.3. The van der Waals surface area contributed by atoms with Gasteiger partial charge in [-0.05, 0) is 32.7 Å². The molecule has 0 aromatic carbocycles. The highest BCUT2D eigenvalue weighted by atomic mass is 16.5. The van der Waals surface area contributed by atoms with Crippen LogP contribution >= 0.6 is 0 Å². The smallest absolute Gasteiger partial charge is 0.0918 e. The molecule has 0 aromatic heterocycles. The maximum Gasteiger partial charge on any atom is 0.0918 e. The Morgan fingerprint density at radius 2 is 2.11 bits per heavy atom. The summed E-state index contributed by atoms with van der Waals surface area (Å²) in [7, 11) is 2.13. The number of nitrogens with zero attached hydrogens (tertiary/aromatic N) is 1. The standard InChI is InChI=1S/C13H25N3O2/c1-16(6-2-12(14)15)11-3-7-18-13(10-11)4-8-17-9-5-13/h11H,2-10H2,1H3,(H3,14,15). The van der Waals surface area contributed by atoms with Crippen molar-refractivity contribution in [3.05, 3.63) is 0 Å². The van der Waals surface area contributed by atoms with Crippen molar-refractivity contribution in [3.63, 3.8) is 0 Å². The van der Waals surface area contributed by atoms with Crippen molar-refractivity contribution >= 4 is 5.84 Å². The number of amidine groups is 1. The first kappa shape index (κ1) is 13.8. The molecule has 2 aliphatic heterocycles. The molecule has 1 unspecified atom stereocenters. The van der Waals surface area contributed by atoms with Gasteiger partial charge in [0.15, 0.2) is 0 Å². The van der Waals surface area contributed by atoms with Gasteiger partial charge in [-0.3, -0.25) is 5.41 Å². The third-order valence-corrected chi connectivity index (χ3v) is 4.23. The molecular weight excluding hydrogens is 230 g/mol. The Labute approximate surface area is 109 Å². The first-order valence-electron chi connectivity index (χ1n) is 6.86. The van der Waals surface area contributed by atoms with Gasteiger partial charge in [0.2, 0.25) is 0 Å². The van der Waals surface area contributed by atoms with Crippen LogP contribution in [-0.4, -0.2) is 55.8 Å². The van der Waals surface area contributed by atoms with Gasteiger partial charge in [-0.15, -0.1) is 0 Å². The summed E-state index contributed by atoms with van der Waals surface area (Å²) in [4.78, 5) is 2.33. The Morgan fingerprint density at radius 1 is 1.39 bits per heavy atom. The van der Waals surface area contributed by atoms with Crippen LogP contribution in [0.2, 0.25) is 0 Å². The molecule has 3 N–H and O–H groups in total. The monoisotopic (exact) mass is 255 g/mol. The third-order valence-electron chi connectivity index (χ3n) is 4.23. The second-order valence-electron chi connectivity index (χ2n) is 5.55. The van der Waals surface area contributed by atoms with Crippen LogP contribution in [0.15, 0.2) is 0 Å². The highest BCUT2D eigenvalue weighted by molar-refractivity contribution is 5.76. The van der Waals surface area contributed by atoms with E-state index in [2.05, 4.69) is 11.9 Å². The van der Waals surface area contributed by atoms with Crippen molar-refractivity contribution in [1.29, 1.82) is 5.41 Å².